The number of hydrogen-bond donors (Lipinski definition) is 1. The molecule has 0 spiro atoms. The number of amides is 2. The third kappa shape index (κ3) is 4.69. The van der Waals surface area contributed by atoms with Gasteiger partial charge in [0.15, 0.2) is 0 Å². The Hall–Kier alpha value is -2.62. The lowest BCUT2D eigenvalue weighted by Gasteiger charge is -2.27. The largest absolute Gasteiger partial charge is 0.339 e. The Morgan fingerprint density at radius 1 is 0.880 bits per heavy atom. The number of nitrogens with zero attached hydrogens (tertiary/aromatic N) is 1. The van der Waals surface area contributed by atoms with Gasteiger partial charge in [-0.15, -0.1) is 0 Å². The van der Waals surface area contributed by atoms with Crippen LogP contribution in [0.15, 0.2) is 54.6 Å². The number of carbonyl (C=O) groups excluding carboxylic acids is 2. The minimum atomic E-state index is -0.0669. The molecule has 1 saturated heterocycles. The summed E-state index contributed by atoms with van der Waals surface area (Å²) >= 11 is 0. The second-order valence-electron chi connectivity index (χ2n) is 6.43. The minimum absolute atomic E-state index is 0.0126. The molecule has 3 rings (SSSR count). The fraction of sp³-hybridized carbons (Fsp3) is 0.333. The number of nitrogens with one attached hydrogen (secondary N) is 1. The van der Waals surface area contributed by atoms with Crippen LogP contribution in [0, 0.1) is 0 Å². The maximum absolute atomic E-state index is 12.8. The molecule has 1 fully saturated rings. The molecular weight excluding hydrogens is 312 g/mol. The van der Waals surface area contributed by atoms with Gasteiger partial charge >= 0.3 is 0 Å². The molecule has 25 heavy (non-hydrogen) atoms. The van der Waals surface area contributed by atoms with Gasteiger partial charge in [0.1, 0.15) is 0 Å². The summed E-state index contributed by atoms with van der Waals surface area (Å²) in [6.45, 7) is 1.60. The highest BCUT2D eigenvalue weighted by atomic mass is 16.2. The zero-order chi connectivity index (χ0) is 17.5. The van der Waals surface area contributed by atoms with Gasteiger partial charge in [0.2, 0.25) is 5.91 Å². The van der Waals surface area contributed by atoms with Crippen molar-refractivity contribution >= 4 is 17.5 Å². The number of likely N-dealkylation sites (tertiary alicyclic amines) is 1. The Bertz CT molecular complexity index is 722. The second-order valence-corrected chi connectivity index (χ2v) is 6.43. The third-order valence-electron chi connectivity index (χ3n) is 4.56. The monoisotopic (exact) mass is 336 g/mol. The van der Waals surface area contributed by atoms with Gasteiger partial charge in [-0.2, -0.15) is 0 Å². The van der Waals surface area contributed by atoms with Gasteiger partial charge < -0.3 is 10.2 Å². The molecule has 130 valence electrons. The second kappa shape index (κ2) is 8.47. The van der Waals surface area contributed by atoms with Crippen LogP contribution in [0.25, 0.3) is 0 Å². The van der Waals surface area contributed by atoms with Crippen LogP contribution in [0.1, 0.15) is 41.6 Å². The number of benzene rings is 2. The average Bonchev–Trinajstić information content (AvgIpc) is 2.68. The van der Waals surface area contributed by atoms with E-state index in [1.54, 1.807) is 12.1 Å². The smallest absolute Gasteiger partial charge is 0.255 e. The van der Waals surface area contributed by atoms with E-state index in [0.29, 0.717) is 24.1 Å². The van der Waals surface area contributed by atoms with Crippen LogP contribution in [0.3, 0.4) is 0 Å². The van der Waals surface area contributed by atoms with Crippen LogP contribution >= 0.6 is 0 Å². The number of hydrogen-bond acceptors (Lipinski definition) is 2. The normalized spacial score (nSPS) is 14.2. The number of anilines is 1. The van der Waals surface area contributed by atoms with E-state index in [2.05, 4.69) is 5.32 Å². The van der Waals surface area contributed by atoms with Gasteiger partial charge in [-0.05, 0) is 43.4 Å². The van der Waals surface area contributed by atoms with E-state index in [4.69, 9.17) is 0 Å². The molecule has 0 aromatic heterocycles. The Morgan fingerprint density at radius 3 is 2.32 bits per heavy atom. The fourth-order valence-corrected chi connectivity index (χ4v) is 3.16. The highest BCUT2D eigenvalue weighted by Crippen LogP contribution is 2.20. The fourth-order valence-electron chi connectivity index (χ4n) is 3.16. The summed E-state index contributed by atoms with van der Waals surface area (Å²) in [5.74, 6) is -0.0543. The summed E-state index contributed by atoms with van der Waals surface area (Å²) in [5, 5.41) is 2.91. The van der Waals surface area contributed by atoms with Crippen molar-refractivity contribution in [1.29, 1.82) is 0 Å². The maximum Gasteiger partial charge on any atom is 0.255 e. The topological polar surface area (TPSA) is 49.4 Å². The Labute approximate surface area is 148 Å². The first-order valence-electron chi connectivity index (χ1n) is 8.96. The molecule has 2 amide bonds. The van der Waals surface area contributed by atoms with E-state index in [1.807, 2.05) is 47.4 Å². The number of para-hydroxylation sites is 1. The molecule has 2 aromatic rings. The molecule has 4 heteroatoms. The van der Waals surface area contributed by atoms with E-state index >= 15 is 0 Å². The molecule has 0 unspecified atom stereocenters. The predicted molar refractivity (Wildman–Crippen MR) is 99.6 cm³/mol. The van der Waals surface area contributed by atoms with Crippen molar-refractivity contribution in [1.82, 2.24) is 4.90 Å². The standard InChI is InChI=1S/C21H24N2O2/c24-20(14-13-17-9-3-1-4-10-17)22-19-12-6-5-11-18(19)21(25)23-15-7-2-8-16-23/h1,3-6,9-12H,2,7-8,13-16H2,(H,22,24). The summed E-state index contributed by atoms with van der Waals surface area (Å²) < 4.78 is 0. The van der Waals surface area contributed by atoms with E-state index in [1.165, 1.54) is 6.42 Å². The lowest BCUT2D eigenvalue weighted by molar-refractivity contribution is -0.116. The summed E-state index contributed by atoms with van der Waals surface area (Å²) in [5.41, 5.74) is 2.32. The van der Waals surface area contributed by atoms with Crippen LogP contribution < -0.4 is 5.32 Å². The molecule has 1 aliphatic rings. The van der Waals surface area contributed by atoms with Crippen molar-refractivity contribution in [2.24, 2.45) is 0 Å². The van der Waals surface area contributed by atoms with E-state index in [-0.39, 0.29) is 11.8 Å². The average molecular weight is 336 g/mol. The number of aryl methyl sites for hydroxylation is 1. The van der Waals surface area contributed by atoms with Gasteiger partial charge in [0.25, 0.3) is 5.91 Å². The van der Waals surface area contributed by atoms with Crippen LogP contribution in [0.5, 0.6) is 0 Å². The molecule has 0 saturated carbocycles. The molecule has 1 N–H and O–H groups in total. The number of rotatable bonds is 5. The van der Waals surface area contributed by atoms with Gasteiger partial charge in [-0.1, -0.05) is 42.5 Å². The zero-order valence-corrected chi connectivity index (χ0v) is 14.4. The lowest BCUT2D eigenvalue weighted by Crippen LogP contribution is -2.36. The maximum atomic E-state index is 12.8. The van der Waals surface area contributed by atoms with Gasteiger partial charge in [0, 0.05) is 19.5 Å². The van der Waals surface area contributed by atoms with Gasteiger partial charge in [-0.3, -0.25) is 9.59 Å². The van der Waals surface area contributed by atoms with Crippen LogP contribution in [0.4, 0.5) is 5.69 Å². The van der Waals surface area contributed by atoms with Crippen LogP contribution in [-0.4, -0.2) is 29.8 Å². The van der Waals surface area contributed by atoms with Crippen molar-refractivity contribution in [2.75, 3.05) is 18.4 Å². The number of piperidine rings is 1. The molecule has 1 heterocycles. The first-order valence-corrected chi connectivity index (χ1v) is 8.96. The van der Waals surface area contributed by atoms with Crippen LogP contribution in [-0.2, 0) is 11.2 Å². The van der Waals surface area contributed by atoms with Gasteiger partial charge in [0.05, 0.1) is 11.3 Å². The Morgan fingerprint density at radius 2 is 1.56 bits per heavy atom. The van der Waals surface area contributed by atoms with Crippen LogP contribution in [0.2, 0.25) is 0 Å². The predicted octanol–water partition coefficient (Wildman–Crippen LogP) is 3.88. The summed E-state index contributed by atoms with van der Waals surface area (Å²) in [4.78, 5) is 26.9. The molecule has 1 aliphatic heterocycles. The molecule has 0 radical (unpaired) electrons. The Balaban J connectivity index is 1.64. The summed E-state index contributed by atoms with van der Waals surface area (Å²) in [7, 11) is 0. The number of carbonyl (C=O) groups is 2. The molecule has 0 aliphatic carbocycles. The lowest BCUT2D eigenvalue weighted by atomic mass is 10.1. The first kappa shape index (κ1) is 17.2. The summed E-state index contributed by atoms with van der Waals surface area (Å²) in [6.07, 6.45) is 4.38. The molecule has 4 nitrogen and oxygen atoms in total. The Kier molecular flexibility index (Phi) is 5.83. The van der Waals surface area contributed by atoms with Crippen molar-refractivity contribution < 1.29 is 9.59 Å². The molecule has 0 bridgehead atoms. The zero-order valence-electron chi connectivity index (χ0n) is 14.4. The highest BCUT2D eigenvalue weighted by molar-refractivity contribution is 6.03. The first-order chi connectivity index (χ1) is 12.2. The van der Waals surface area contributed by atoms with E-state index in [0.717, 1.165) is 31.5 Å². The quantitative estimate of drug-likeness (QED) is 0.901. The molecule has 2 aromatic carbocycles. The van der Waals surface area contributed by atoms with Gasteiger partial charge in [-0.25, -0.2) is 0 Å². The molecular formula is C21H24N2O2. The molecule has 0 atom stereocenters. The van der Waals surface area contributed by atoms with E-state index in [9.17, 15) is 9.59 Å². The van der Waals surface area contributed by atoms with Crippen molar-refractivity contribution in [3.63, 3.8) is 0 Å². The van der Waals surface area contributed by atoms with Crippen molar-refractivity contribution in [2.45, 2.75) is 32.1 Å². The van der Waals surface area contributed by atoms with Crippen molar-refractivity contribution in [3.05, 3.63) is 65.7 Å². The third-order valence-corrected chi connectivity index (χ3v) is 4.56. The summed E-state index contributed by atoms with van der Waals surface area (Å²) in [6, 6.07) is 17.2. The highest BCUT2D eigenvalue weighted by Gasteiger charge is 2.21. The minimum Gasteiger partial charge on any atom is -0.339 e. The van der Waals surface area contributed by atoms with E-state index < -0.39 is 0 Å². The SMILES string of the molecule is O=C(CCc1ccccc1)Nc1ccccc1C(=O)N1CCCCC1. The van der Waals surface area contributed by atoms with Crippen molar-refractivity contribution in [3.8, 4) is 0 Å².